The summed E-state index contributed by atoms with van der Waals surface area (Å²) in [7, 11) is 0. The molecule has 0 fully saturated rings. The maximum Gasteiger partial charge on any atom is 0.338 e. The van der Waals surface area contributed by atoms with Gasteiger partial charge in [0.25, 0.3) is 11.4 Å². The van der Waals surface area contributed by atoms with Crippen molar-refractivity contribution in [2.45, 2.75) is 220 Å². The summed E-state index contributed by atoms with van der Waals surface area (Å²) in [6.07, 6.45) is 36.6. The minimum Gasteiger partial charge on any atom is -0.490 e. The second kappa shape index (κ2) is 35.7. The highest BCUT2D eigenvalue weighted by molar-refractivity contribution is 5.91. The first-order valence-corrected chi connectivity index (χ1v) is 24.5. The molecule has 0 spiro atoms. The van der Waals surface area contributed by atoms with Crippen molar-refractivity contribution in [3.63, 3.8) is 0 Å². The molecular weight excluding hydrogens is 773 g/mol. The molecule has 0 saturated carbocycles. The van der Waals surface area contributed by atoms with E-state index in [1.165, 1.54) is 141 Å². The Kier molecular flexibility index (Phi) is 31.1. The van der Waals surface area contributed by atoms with Crippen LogP contribution >= 0.6 is 0 Å². The smallest absolute Gasteiger partial charge is 0.338 e. The molecule has 0 aliphatic rings. The predicted octanol–water partition coefficient (Wildman–Crippen LogP) is 15.8. The fourth-order valence-electron chi connectivity index (χ4n) is 7.53. The van der Waals surface area contributed by atoms with Crippen molar-refractivity contribution in [3.8, 4) is 17.2 Å². The molecule has 0 heterocycles. The minimum atomic E-state index is -0.909. The van der Waals surface area contributed by atoms with Gasteiger partial charge in [-0.15, -0.1) is 0 Å². The van der Waals surface area contributed by atoms with Crippen LogP contribution < -0.4 is 14.2 Å². The first-order valence-electron chi connectivity index (χ1n) is 24.5. The molecule has 0 amide bonds. The third kappa shape index (κ3) is 25.6. The van der Waals surface area contributed by atoms with Gasteiger partial charge in [-0.3, -0.25) is 20.2 Å². The third-order valence-electron chi connectivity index (χ3n) is 11.3. The standard InChI is InChI=1S/C50H82N2O9/c1-4-7-10-13-16-19-22-25-28-31-34-58-47-37-43(42-61-50(53)44-39-45(51(54)55)41-46(40-44)52(56)57)38-48(59-35-32-29-26-23-20-17-14-11-8-5-2)49(47)60-36-33-30-27-24-21-18-15-12-9-6-3/h37-41H,4-36,42H2,1-3H3. The average molecular weight is 855 g/mol. The number of benzene rings is 2. The maximum atomic E-state index is 13.1. The van der Waals surface area contributed by atoms with Gasteiger partial charge in [0.05, 0.1) is 41.3 Å². The Morgan fingerprint density at radius 2 is 0.754 bits per heavy atom. The van der Waals surface area contributed by atoms with Gasteiger partial charge in [0.1, 0.15) is 6.61 Å². The second-order valence-electron chi connectivity index (χ2n) is 16.8. The Labute approximate surface area is 368 Å². The molecule has 346 valence electrons. The molecular formula is C50H82N2O9. The fraction of sp³-hybridized carbons (Fsp3) is 0.740. The number of hydrogen-bond acceptors (Lipinski definition) is 9. The van der Waals surface area contributed by atoms with Crippen LogP contribution in [0.5, 0.6) is 17.2 Å². The number of carbonyl (C=O) groups is 1. The summed E-state index contributed by atoms with van der Waals surface area (Å²) in [5, 5.41) is 22.9. The normalized spacial score (nSPS) is 11.1. The van der Waals surface area contributed by atoms with Gasteiger partial charge >= 0.3 is 5.97 Å². The van der Waals surface area contributed by atoms with E-state index >= 15 is 0 Å². The Morgan fingerprint density at radius 3 is 1.08 bits per heavy atom. The molecule has 2 rings (SSSR count). The third-order valence-corrected chi connectivity index (χ3v) is 11.3. The summed E-state index contributed by atoms with van der Waals surface area (Å²) in [4.78, 5) is 34.5. The Hall–Kier alpha value is -3.89. The first kappa shape index (κ1) is 53.2. The van der Waals surface area contributed by atoms with Crippen molar-refractivity contribution in [3.05, 3.63) is 61.7 Å². The van der Waals surface area contributed by atoms with Gasteiger partial charge in [-0.05, 0) is 37.0 Å². The highest BCUT2D eigenvalue weighted by atomic mass is 16.6. The molecule has 11 heteroatoms. The molecule has 0 unspecified atom stereocenters. The van der Waals surface area contributed by atoms with Crippen molar-refractivity contribution in [1.82, 2.24) is 0 Å². The van der Waals surface area contributed by atoms with E-state index in [9.17, 15) is 25.0 Å². The molecule has 0 aliphatic heterocycles. The number of nitrogens with zero attached hydrogens (tertiary/aromatic N) is 2. The van der Waals surface area contributed by atoms with E-state index in [0.717, 1.165) is 69.6 Å². The number of ether oxygens (including phenoxy) is 4. The molecule has 2 aromatic rings. The van der Waals surface area contributed by atoms with E-state index in [1.54, 1.807) is 12.1 Å². The van der Waals surface area contributed by atoms with Crippen LogP contribution in [-0.2, 0) is 11.3 Å². The largest absolute Gasteiger partial charge is 0.490 e. The molecule has 0 aliphatic carbocycles. The SMILES string of the molecule is CCCCCCCCCCCCOc1cc(COC(=O)c2cc([N+](=O)[O-])cc([N+](=O)[O-])c2)cc(OCCCCCCCCCCCC)c1OCCCCCCCCCCCC. The lowest BCUT2D eigenvalue weighted by atomic mass is 10.1. The monoisotopic (exact) mass is 855 g/mol. The van der Waals surface area contributed by atoms with Crippen molar-refractivity contribution in [2.24, 2.45) is 0 Å². The summed E-state index contributed by atoms with van der Waals surface area (Å²) in [5.74, 6) is 0.703. The van der Waals surface area contributed by atoms with Crippen LogP contribution in [0.15, 0.2) is 30.3 Å². The van der Waals surface area contributed by atoms with Crippen LogP contribution in [0.4, 0.5) is 11.4 Å². The van der Waals surface area contributed by atoms with Crippen molar-refractivity contribution in [1.29, 1.82) is 0 Å². The zero-order valence-electron chi connectivity index (χ0n) is 38.5. The van der Waals surface area contributed by atoms with E-state index < -0.39 is 27.2 Å². The number of rotatable bonds is 41. The Bertz CT molecular complexity index is 1390. The van der Waals surface area contributed by atoms with Crippen molar-refractivity contribution in [2.75, 3.05) is 19.8 Å². The molecule has 0 N–H and O–H groups in total. The second-order valence-corrected chi connectivity index (χ2v) is 16.8. The van der Waals surface area contributed by atoms with Crippen LogP contribution in [0, 0.1) is 20.2 Å². The quantitative estimate of drug-likeness (QED) is 0.0277. The van der Waals surface area contributed by atoms with Crippen LogP contribution in [0.2, 0.25) is 0 Å². The van der Waals surface area contributed by atoms with Gasteiger partial charge < -0.3 is 18.9 Å². The molecule has 0 atom stereocenters. The average Bonchev–Trinajstić information content (AvgIpc) is 3.25. The number of nitro benzene ring substituents is 2. The summed E-state index contributed by atoms with van der Waals surface area (Å²) < 4.78 is 24.9. The summed E-state index contributed by atoms with van der Waals surface area (Å²) in [5.41, 5.74) is -0.798. The van der Waals surface area contributed by atoms with Crippen LogP contribution in [0.3, 0.4) is 0 Å². The zero-order valence-corrected chi connectivity index (χ0v) is 38.5. The number of unbranched alkanes of at least 4 members (excludes halogenated alkanes) is 27. The summed E-state index contributed by atoms with van der Waals surface area (Å²) >= 11 is 0. The lowest BCUT2D eigenvalue weighted by Crippen LogP contribution is -2.09. The van der Waals surface area contributed by atoms with Gasteiger partial charge in [-0.2, -0.15) is 0 Å². The highest BCUT2D eigenvalue weighted by Gasteiger charge is 2.22. The van der Waals surface area contributed by atoms with Gasteiger partial charge in [-0.1, -0.05) is 194 Å². The number of esters is 1. The molecule has 11 nitrogen and oxygen atoms in total. The first-order chi connectivity index (χ1) is 29.8. The molecule has 0 saturated heterocycles. The van der Waals surface area contributed by atoms with Gasteiger partial charge in [-0.25, -0.2) is 4.79 Å². The lowest BCUT2D eigenvalue weighted by molar-refractivity contribution is -0.394. The molecule has 61 heavy (non-hydrogen) atoms. The van der Waals surface area contributed by atoms with Crippen LogP contribution in [0.25, 0.3) is 0 Å². The summed E-state index contributed by atoms with van der Waals surface area (Å²) in [6.45, 7) is 8.08. The molecule has 0 bridgehead atoms. The van der Waals surface area contributed by atoms with Crippen LogP contribution in [-0.4, -0.2) is 35.6 Å². The fourth-order valence-corrected chi connectivity index (χ4v) is 7.53. The van der Waals surface area contributed by atoms with E-state index in [0.29, 0.717) is 42.6 Å². The number of non-ortho nitro benzene ring substituents is 2. The number of carbonyl (C=O) groups excluding carboxylic acids is 1. The number of nitro groups is 2. The topological polar surface area (TPSA) is 140 Å². The highest BCUT2D eigenvalue weighted by Crippen LogP contribution is 2.40. The van der Waals surface area contributed by atoms with Crippen molar-refractivity contribution < 1.29 is 33.6 Å². The Morgan fingerprint density at radius 1 is 0.443 bits per heavy atom. The van der Waals surface area contributed by atoms with Crippen LogP contribution in [0.1, 0.15) is 229 Å². The lowest BCUT2D eigenvalue weighted by Gasteiger charge is -2.19. The predicted molar refractivity (Wildman–Crippen MR) is 247 cm³/mol. The minimum absolute atomic E-state index is 0.197. The Balaban J connectivity index is 2.17. The maximum absolute atomic E-state index is 13.1. The van der Waals surface area contributed by atoms with Gasteiger partial charge in [0.2, 0.25) is 5.75 Å². The van der Waals surface area contributed by atoms with E-state index in [2.05, 4.69) is 20.8 Å². The van der Waals surface area contributed by atoms with Gasteiger partial charge in [0, 0.05) is 12.1 Å². The van der Waals surface area contributed by atoms with E-state index in [-0.39, 0.29) is 12.2 Å². The molecule has 2 aromatic carbocycles. The van der Waals surface area contributed by atoms with Crippen molar-refractivity contribution >= 4 is 17.3 Å². The van der Waals surface area contributed by atoms with Gasteiger partial charge in [0.15, 0.2) is 11.5 Å². The zero-order chi connectivity index (χ0) is 44.2. The molecule has 0 radical (unpaired) electrons. The number of hydrogen-bond donors (Lipinski definition) is 0. The van der Waals surface area contributed by atoms with E-state index in [4.69, 9.17) is 18.9 Å². The van der Waals surface area contributed by atoms with E-state index in [1.807, 2.05) is 0 Å². The molecule has 0 aromatic heterocycles. The summed E-state index contributed by atoms with van der Waals surface area (Å²) in [6, 6.07) is 6.41.